The van der Waals surface area contributed by atoms with Crippen molar-refractivity contribution in [3.05, 3.63) is 28.2 Å². The van der Waals surface area contributed by atoms with Gasteiger partial charge in [0, 0.05) is 11.0 Å². The Kier molecular flexibility index (Phi) is 4.40. The molecule has 0 radical (unpaired) electrons. The summed E-state index contributed by atoms with van der Waals surface area (Å²) in [6.07, 6.45) is 5.42. The van der Waals surface area contributed by atoms with E-state index in [9.17, 15) is 0 Å². The molecule has 0 heterocycles. The highest BCUT2D eigenvalue weighted by atomic mass is 79.9. The van der Waals surface area contributed by atoms with Crippen LogP contribution in [0.3, 0.4) is 0 Å². The summed E-state index contributed by atoms with van der Waals surface area (Å²) in [7, 11) is 1.66. The smallest absolute Gasteiger partial charge is 0.119 e. The molecule has 0 spiro atoms. The third kappa shape index (κ3) is 3.55. The van der Waals surface area contributed by atoms with Crippen molar-refractivity contribution in [2.75, 3.05) is 7.11 Å². The fourth-order valence-corrected chi connectivity index (χ4v) is 1.57. The van der Waals surface area contributed by atoms with Gasteiger partial charge >= 0.3 is 0 Å². The number of hydrogen-bond acceptors (Lipinski definition) is 2. The van der Waals surface area contributed by atoms with Gasteiger partial charge in [-0.2, -0.15) is 0 Å². The van der Waals surface area contributed by atoms with Crippen molar-refractivity contribution in [2.24, 2.45) is 0 Å². The van der Waals surface area contributed by atoms with E-state index in [1.807, 2.05) is 32.0 Å². The summed E-state index contributed by atoms with van der Waals surface area (Å²) in [6.45, 7) is 4.65. The molecular weight excluding hydrogens is 266 g/mol. The standard InChI is InChI=1S/C13H16BrNO/c1-5-13(2,3)15-9-10-8-11(16-4)6-7-12(10)14/h1,6-8,15H,9H2,2-4H3. The minimum atomic E-state index is -0.303. The maximum atomic E-state index is 5.42. The van der Waals surface area contributed by atoms with Gasteiger partial charge in [0.05, 0.1) is 12.6 Å². The van der Waals surface area contributed by atoms with Crippen molar-refractivity contribution < 1.29 is 4.74 Å². The zero-order valence-corrected chi connectivity index (χ0v) is 11.4. The molecule has 0 aliphatic heterocycles. The third-order valence-corrected chi connectivity index (χ3v) is 3.11. The summed E-state index contributed by atoms with van der Waals surface area (Å²) in [5, 5.41) is 3.30. The lowest BCUT2D eigenvalue weighted by molar-refractivity contribution is 0.413. The highest BCUT2D eigenvalue weighted by Crippen LogP contribution is 2.22. The third-order valence-electron chi connectivity index (χ3n) is 2.33. The summed E-state index contributed by atoms with van der Waals surface area (Å²) in [4.78, 5) is 0. The second kappa shape index (κ2) is 5.38. The maximum Gasteiger partial charge on any atom is 0.119 e. The minimum absolute atomic E-state index is 0.303. The van der Waals surface area contributed by atoms with Crippen LogP contribution in [0.25, 0.3) is 0 Å². The number of halogens is 1. The molecule has 0 aromatic heterocycles. The van der Waals surface area contributed by atoms with Crippen LogP contribution in [0.5, 0.6) is 5.75 Å². The predicted octanol–water partition coefficient (Wildman–Crippen LogP) is 2.96. The Balaban J connectivity index is 2.78. The first-order valence-electron chi connectivity index (χ1n) is 5.04. The van der Waals surface area contributed by atoms with Crippen LogP contribution in [0.1, 0.15) is 19.4 Å². The lowest BCUT2D eigenvalue weighted by Gasteiger charge is -2.20. The van der Waals surface area contributed by atoms with E-state index >= 15 is 0 Å². The van der Waals surface area contributed by atoms with Gasteiger partial charge in [0.2, 0.25) is 0 Å². The molecule has 1 aromatic carbocycles. The Hall–Kier alpha value is -0.980. The summed E-state index contributed by atoms with van der Waals surface area (Å²) in [6, 6.07) is 5.88. The number of rotatable bonds is 4. The average Bonchev–Trinajstić information content (AvgIpc) is 2.28. The van der Waals surface area contributed by atoms with Crippen LogP contribution in [0.15, 0.2) is 22.7 Å². The fourth-order valence-electron chi connectivity index (χ4n) is 1.18. The van der Waals surface area contributed by atoms with E-state index in [0.717, 1.165) is 15.8 Å². The van der Waals surface area contributed by atoms with E-state index in [0.29, 0.717) is 6.54 Å². The van der Waals surface area contributed by atoms with E-state index in [-0.39, 0.29) is 5.54 Å². The van der Waals surface area contributed by atoms with E-state index in [1.165, 1.54) is 0 Å². The van der Waals surface area contributed by atoms with Crippen LogP contribution in [0.4, 0.5) is 0 Å². The first kappa shape index (κ1) is 13.1. The number of ether oxygens (including phenoxy) is 1. The molecule has 16 heavy (non-hydrogen) atoms. The van der Waals surface area contributed by atoms with Gasteiger partial charge in [-0.15, -0.1) is 6.42 Å². The summed E-state index contributed by atoms with van der Waals surface area (Å²) < 4.78 is 6.23. The largest absolute Gasteiger partial charge is 0.497 e. The summed E-state index contributed by atoms with van der Waals surface area (Å²) in [5.41, 5.74) is 0.824. The van der Waals surface area contributed by atoms with Crippen LogP contribution in [0, 0.1) is 12.3 Å². The zero-order chi connectivity index (χ0) is 12.2. The molecular formula is C13H16BrNO. The predicted molar refractivity (Wildman–Crippen MR) is 70.4 cm³/mol. The highest BCUT2D eigenvalue weighted by Gasteiger charge is 2.13. The Morgan fingerprint density at radius 1 is 1.50 bits per heavy atom. The number of hydrogen-bond donors (Lipinski definition) is 1. The Labute approximate surface area is 106 Å². The normalized spacial score (nSPS) is 10.9. The minimum Gasteiger partial charge on any atom is -0.497 e. The van der Waals surface area contributed by atoms with Crippen molar-refractivity contribution in [1.29, 1.82) is 0 Å². The lowest BCUT2D eigenvalue weighted by atomic mass is 10.1. The average molecular weight is 282 g/mol. The lowest BCUT2D eigenvalue weighted by Crippen LogP contribution is -2.36. The van der Waals surface area contributed by atoms with Gasteiger partial charge in [-0.05, 0) is 37.6 Å². The van der Waals surface area contributed by atoms with Crippen molar-refractivity contribution in [3.8, 4) is 18.1 Å². The quantitative estimate of drug-likeness (QED) is 0.857. The molecule has 0 atom stereocenters. The molecule has 0 unspecified atom stereocenters. The topological polar surface area (TPSA) is 21.3 Å². The molecule has 2 nitrogen and oxygen atoms in total. The highest BCUT2D eigenvalue weighted by molar-refractivity contribution is 9.10. The van der Waals surface area contributed by atoms with Gasteiger partial charge in [-0.25, -0.2) is 0 Å². The molecule has 0 bridgehead atoms. The Bertz CT molecular complexity index is 407. The number of methoxy groups -OCH3 is 1. The van der Waals surface area contributed by atoms with E-state index < -0.39 is 0 Å². The molecule has 1 N–H and O–H groups in total. The van der Waals surface area contributed by atoms with Crippen LogP contribution >= 0.6 is 15.9 Å². The second-order valence-corrected chi connectivity index (χ2v) is 4.93. The van der Waals surface area contributed by atoms with Crippen LogP contribution in [0.2, 0.25) is 0 Å². The molecule has 86 valence electrons. The van der Waals surface area contributed by atoms with Crippen molar-refractivity contribution in [1.82, 2.24) is 5.32 Å². The molecule has 0 fully saturated rings. The van der Waals surface area contributed by atoms with Gasteiger partial charge in [-0.3, -0.25) is 5.32 Å². The molecule has 1 rings (SSSR count). The summed E-state index contributed by atoms with van der Waals surface area (Å²) in [5.74, 6) is 3.55. The van der Waals surface area contributed by atoms with Crippen molar-refractivity contribution in [2.45, 2.75) is 25.9 Å². The van der Waals surface area contributed by atoms with Crippen LogP contribution < -0.4 is 10.1 Å². The summed E-state index contributed by atoms with van der Waals surface area (Å²) >= 11 is 3.50. The molecule has 0 aliphatic rings. The SMILES string of the molecule is C#CC(C)(C)NCc1cc(OC)ccc1Br. The van der Waals surface area contributed by atoms with E-state index in [4.69, 9.17) is 11.2 Å². The molecule has 0 amide bonds. The number of benzene rings is 1. The van der Waals surface area contributed by atoms with Crippen LogP contribution in [-0.2, 0) is 6.54 Å². The van der Waals surface area contributed by atoms with Crippen molar-refractivity contribution >= 4 is 15.9 Å². The maximum absolute atomic E-state index is 5.42. The van der Waals surface area contributed by atoms with Gasteiger partial charge in [-0.1, -0.05) is 21.9 Å². The molecule has 1 aromatic rings. The number of terminal acetylenes is 1. The molecule has 0 saturated carbocycles. The van der Waals surface area contributed by atoms with E-state index in [1.54, 1.807) is 7.11 Å². The molecule has 3 heteroatoms. The number of nitrogens with one attached hydrogen (secondary N) is 1. The Morgan fingerprint density at radius 2 is 2.19 bits per heavy atom. The first-order valence-corrected chi connectivity index (χ1v) is 5.83. The molecule has 0 saturated heterocycles. The van der Waals surface area contributed by atoms with E-state index in [2.05, 4.69) is 27.2 Å². The van der Waals surface area contributed by atoms with Gasteiger partial charge in [0.15, 0.2) is 0 Å². The Morgan fingerprint density at radius 3 is 2.75 bits per heavy atom. The van der Waals surface area contributed by atoms with Gasteiger partial charge in [0.1, 0.15) is 5.75 Å². The zero-order valence-electron chi connectivity index (χ0n) is 9.80. The monoisotopic (exact) mass is 281 g/mol. The molecule has 0 aliphatic carbocycles. The fraction of sp³-hybridized carbons (Fsp3) is 0.385. The first-order chi connectivity index (χ1) is 7.48. The van der Waals surface area contributed by atoms with Crippen molar-refractivity contribution in [3.63, 3.8) is 0 Å². The second-order valence-electron chi connectivity index (χ2n) is 4.08. The van der Waals surface area contributed by atoms with Gasteiger partial charge < -0.3 is 4.74 Å². The van der Waals surface area contributed by atoms with Crippen LogP contribution in [-0.4, -0.2) is 12.6 Å². The van der Waals surface area contributed by atoms with Gasteiger partial charge in [0.25, 0.3) is 0 Å².